The zero-order valence-electron chi connectivity index (χ0n) is 12.8. The Morgan fingerprint density at radius 3 is 2.88 bits per heavy atom. The molecule has 0 aliphatic heterocycles. The van der Waals surface area contributed by atoms with E-state index >= 15 is 0 Å². The highest BCUT2D eigenvalue weighted by Gasteiger charge is 2.13. The van der Waals surface area contributed by atoms with E-state index in [1.54, 1.807) is 6.07 Å². The number of halogens is 2. The molecule has 2 N–H and O–H groups in total. The highest BCUT2D eigenvalue weighted by molar-refractivity contribution is 7.99. The van der Waals surface area contributed by atoms with Crippen LogP contribution in [0.15, 0.2) is 47.6 Å². The van der Waals surface area contributed by atoms with Crippen molar-refractivity contribution in [1.29, 1.82) is 0 Å². The van der Waals surface area contributed by atoms with Crippen molar-refractivity contribution in [2.45, 2.75) is 18.1 Å². The van der Waals surface area contributed by atoms with E-state index in [0.717, 1.165) is 16.6 Å². The molecule has 0 bridgehead atoms. The molecule has 1 atom stereocenters. The number of H-pyrrole nitrogens is 1. The minimum atomic E-state index is -0.152. The third-order valence-corrected chi connectivity index (χ3v) is 4.96. The van der Waals surface area contributed by atoms with Crippen LogP contribution in [0.25, 0.3) is 11.0 Å². The minimum Gasteiger partial charge on any atom is -0.349 e. The van der Waals surface area contributed by atoms with Gasteiger partial charge in [0.25, 0.3) is 0 Å². The zero-order valence-corrected chi connectivity index (χ0v) is 15.2. The lowest BCUT2D eigenvalue weighted by Crippen LogP contribution is -2.28. The van der Waals surface area contributed by atoms with Gasteiger partial charge in [0.1, 0.15) is 0 Å². The van der Waals surface area contributed by atoms with Gasteiger partial charge in [-0.15, -0.1) is 0 Å². The lowest BCUT2D eigenvalue weighted by molar-refractivity contribution is -0.119. The van der Waals surface area contributed by atoms with Gasteiger partial charge in [0.2, 0.25) is 5.91 Å². The predicted octanol–water partition coefficient (Wildman–Crippen LogP) is 4.84. The number of imidazole rings is 1. The summed E-state index contributed by atoms with van der Waals surface area (Å²) in [5.41, 5.74) is 2.58. The van der Waals surface area contributed by atoms with Gasteiger partial charge in [-0.2, -0.15) is 0 Å². The molecule has 0 unspecified atom stereocenters. The molecule has 1 aromatic heterocycles. The molecule has 2 aromatic carbocycles. The van der Waals surface area contributed by atoms with Gasteiger partial charge in [-0.1, -0.05) is 53.2 Å². The predicted molar refractivity (Wildman–Crippen MR) is 99.8 cm³/mol. The van der Waals surface area contributed by atoms with Crippen LogP contribution in [0.2, 0.25) is 10.0 Å². The fourth-order valence-corrected chi connectivity index (χ4v) is 3.52. The van der Waals surface area contributed by atoms with Crippen LogP contribution in [0.3, 0.4) is 0 Å². The average molecular weight is 380 g/mol. The lowest BCUT2D eigenvalue weighted by atomic mass is 10.1. The second kappa shape index (κ2) is 7.47. The van der Waals surface area contributed by atoms with Crippen LogP contribution in [0.4, 0.5) is 0 Å². The maximum Gasteiger partial charge on any atom is 0.230 e. The zero-order chi connectivity index (χ0) is 17.1. The van der Waals surface area contributed by atoms with Crippen molar-refractivity contribution in [1.82, 2.24) is 15.3 Å². The summed E-state index contributed by atoms with van der Waals surface area (Å²) in [7, 11) is 0. The smallest absolute Gasteiger partial charge is 0.230 e. The van der Waals surface area contributed by atoms with Gasteiger partial charge in [-0.3, -0.25) is 4.79 Å². The maximum absolute atomic E-state index is 12.1. The van der Waals surface area contributed by atoms with Crippen LogP contribution < -0.4 is 5.32 Å². The average Bonchev–Trinajstić information content (AvgIpc) is 2.95. The van der Waals surface area contributed by atoms with Crippen molar-refractivity contribution >= 4 is 51.9 Å². The molecule has 3 aromatic rings. The number of carbonyl (C=O) groups excluding carboxylic acids is 1. The van der Waals surface area contributed by atoms with Crippen LogP contribution in [0.5, 0.6) is 0 Å². The molecule has 0 radical (unpaired) electrons. The number of carbonyl (C=O) groups is 1. The van der Waals surface area contributed by atoms with Crippen LogP contribution in [-0.4, -0.2) is 21.6 Å². The van der Waals surface area contributed by atoms with E-state index in [1.807, 2.05) is 43.3 Å². The molecule has 1 amide bonds. The topological polar surface area (TPSA) is 57.8 Å². The molecular formula is C17H15Cl2N3OS. The van der Waals surface area contributed by atoms with Crippen molar-refractivity contribution in [3.8, 4) is 0 Å². The number of hydrogen-bond donors (Lipinski definition) is 2. The Morgan fingerprint density at radius 1 is 1.29 bits per heavy atom. The minimum absolute atomic E-state index is 0.0779. The fourth-order valence-electron chi connectivity index (χ4n) is 2.35. The summed E-state index contributed by atoms with van der Waals surface area (Å²) in [6, 6.07) is 12.8. The van der Waals surface area contributed by atoms with Gasteiger partial charge >= 0.3 is 0 Å². The van der Waals surface area contributed by atoms with Crippen molar-refractivity contribution in [2.75, 3.05) is 5.75 Å². The molecular weight excluding hydrogens is 365 g/mol. The number of nitrogens with one attached hydrogen (secondary N) is 2. The van der Waals surface area contributed by atoms with Crippen molar-refractivity contribution < 1.29 is 4.79 Å². The Morgan fingerprint density at radius 2 is 2.08 bits per heavy atom. The van der Waals surface area contributed by atoms with Crippen molar-refractivity contribution in [3.63, 3.8) is 0 Å². The summed E-state index contributed by atoms with van der Waals surface area (Å²) in [5.74, 6) is 0.188. The number of nitrogens with zero attached hydrogens (tertiary/aromatic N) is 1. The summed E-state index contributed by atoms with van der Waals surface area (Å²) < 4.78 is 0. The number of amides is 1. The second-order valence-corrected chi connectivity index (χ2v) is 7.11. The molecule has 0 fully saturated rings. The highest BCUT2D eigenvalue weighted by atomic mass is 35.5. The van der Waals surface area contributed by atoms with E-state index in [-0.39, 0.29) is 17.7 Å². The lowest BCUT2D eigenvalue weighted by Gasteiger charge is -2.15. The monoisotopic (exact) mass is 379 g/mol. The van der Waals surface area contributed by atoms with Crippen LogP contribution in [-0.2, 0) is 4.79 Å². The molecule has 1 heterocycles. The summed E-state index contributed by atoms with van der Waals surface area (Å²) >= 11 is 13.5. The summed E-state index contributed by atoms with van der Waals surface area (Å²) in [4.78, 5) is 19.7. The first-order chi connectivity index (χ1) is 11.5. The van der Waals surface area contributed by atoms with Crippen LogP contribution >= 0.6 is 35.0 Å². The van der Waals surface area contributed by atoms with Gasteiger partial charge in [0, 0.05) is 10.0 Å². The van der Waals surface area contributed by atoms with Crippen molar-refractivity contribution in [2.24, 2.45) is 0 Å². The molecule has 0 saturated carbocycles. The van der Waals surface area contributed by atoms with Crippen molar-refractivity contribution in [3.05, 3.63) is 58.1 Å². The first-order valence-corrected chi connectivity index (χ1v) is 9.09. The summed E-state index contributed by atoms with van der Waals surface area (Å²) in [5, 5.41) is 4.92. The standard InChI is InChI=1S/C17H15Cl2N3OS/c1-10(12-4-2-3-5-13(12)19)20-16(23)9-24-17-21-14-7-6-11(18)8-15(14)22-17/h2-8,10H,9H2,1H3,(H,20,23)(H,21,22)/t10-/m0/s1. The maximum atomic E-state index is 12.1. The van der Waals surface area contributed by atoms with Crippen LogP contribution in [0.1, 0.15) is 18.5 Å². The largest absolute Gasteiger partial charge is 0.349 e. The molecule has 124 valence electrons. The molecule has 0 aliphatic carbocycles. The molecule has 0 spiro atoms. The first kappa shape index (κ1) is 17.1. The Balaban J connectivity index is 1.59. The van der Waals surface area contributed by atoms with E-state index in [9.17, 15) is 4.79 Å². The summed E-state index contributed by atoms with van der Waals surface area (Å²) in [6.07, 6.45) is 0. The molecule has 0 saturated heterocycles. The molecule has 0 aliphatic rings. The molecule has 4 nitrogen and oxygen atoms in total. The summed E-state index contributed by atoms with van der Waals surface area (Å²) in [6.45, 7) is 1.91. The van der Waals surface area contributed by atoms with Gasteiger partial charge in [0.15, 0.2) is 5.16 Å². The van der Waals surface area contributed by atoms with Gasteiger partial charge < -0.3 is 10.3 Å². The number of thioether (sulfide) groups is 1. The number of aromatic amines is 1. The second-order valence-electron chi connectivity index (χ2n) is 5.30. The quantitative estimate of drug-likeness (QED) is 0.623. The van der Waals surface area contributed by atoms with E-state index in [1.165, 1.54) is 11.8 Å². The molecule has 7 heteroatoms. The normalized spacial score (nSPS) is 12.3. The number of fused-ring (bicyclic) bond motifs is 1. The molecule has 3 rings (SSSR count). The van der Waals surface area contributed by atoms with E-state index < -0.39 is 0 Å². The number of aromatic nitrogens is 2. The SMILES string of the molecule is C[C@H](NC(=O)CSc1nc2ccc(Cl)cc2[nH]1)c1ccccc1Cl. The Bertz CT molecular complexity index is 881. The van der Waals surface area contributed by atoms with Gasteiger partial charge in [0.05, 0.1) is 22.8 Å². The Kier molecular flexibility index (Phi) is 5.33. The molecule has 24 heavy (non-hydrogen) atoms. The van der Waals surface area contributed by atoms with Crippen LogP contribution in [0, 0.1) is 0 Å². The number of hydrogen-bond acceptors (Lipinski definition) is 3. The Hall–Kier alpha value is -1.69. The van der Waals surface area contributed by atoms with Gasteiger partial charge in [-0.25, -0.2) is 4.98 Å². The first-order valence-electron chi connectivity index (χ1n) is 7.35. The van der Waals surface area contributed by atoms with E-state index in [4.69, 9.17) is 23.2 Å². The third kappa shape index (κ3) is 4.04. The fraction of sp³-hybridized carbons (Fsp3) is 0.176. The van der Waals surface area contributed by atoms with Gasteiger partial charge in [-0.05, 0) is 36.8 Å². The number of benzene rings is 2. The van der Waals surface area contributed by atoms with E-state index in [0.29, 0.717) is 15.2 Å². The Labute approximate surface area is 153 Å². The third-order valence-electron chi connectivity index (χ3n) is 3.51. The van der Waals surface area contributed by atoms with E-state index in [2.05, 4.69) is 15.3 Å². The number of rotatable bonds is 5. The highest BCUT2D eigenvalue weighted by Crippen LogP contribution is 2.24.